The molecule has 6 rings (SSSR count). The molecule has 0 aromatic carbocycles. The van der Waals surface area contributed by atoms with Gasteiger partial charge in [-0.05, 0) is 25.8 Å². The van der Waals surface area contributed by atoms with Gasteiger partial charge in [0.15, 0.2) is 0 Å². The monoisotopic (exact) mass is 765 g/mol. The Morgan fingerprint density at radius 1 is 0.600 bits per heavy atom. The molecule has 20 heteroatoms. The van der Waals surface area contributed by atoms with Crippen LogP contribution in [-0.4, -0.2) is 60.5 Å². The number of aryl methyl sites for hydroxylation is 1. The number of imide groups is 3. The summed E-state index contributed by atoms with van der Waals surface area (Å²) in [5.41, 5.74) is -0.429. The van der Waals surface area contributed by atoms with Crippen molar-refractivity contribution in [2.45, 2.75) is 58.7 Å². The molecule has 0 saturated carbocycles. The number of aliphatic hydroxyl groups excluding tert-OH is 2. The summed E-state index contributed by atoms with van der Waals surface area (Å²) in [5, 5.41) is 25.3. The topological polar surface area (TPSA) is 304 Å². The quantitative estimate of drug-likeness (QED) is 0.148. The van der Waals surface area contributed by atoms with Gasteiger partial charge in [-0.2, -0.15) is 0 Å². The van der Waals surface area contributed by atoms with E-state index in [1.54, 1.807) is 0 Å². The standard InChI is InChI=1S/2C10H9NO5.C10H9NO4.O2Se/c2*1-4(12)5-2-8(14)16-6-3-7(13)11-10(15)9(5)6;1-2-5-3-8(13)15-6-4-7(12)11-10(14)9(5)6;1-3-2/h2*2,4,12H,3H2,1H3,(H,11,13,15);3H,2,4H2,1H3,(H,11,12,14);. The van der Waals surface area contributed by atoms with Gasteiger partial charge in [-0.25, -0.2) is 14.4 Å². The van der Waals surface area contributed by atoms with E-state index in [4.69, 9.17) is 20.9 Å². The summed E-state index contributed by atoms with van der Waals surface area (Å²) in [4.78, 5) is 101. The van der Waals surface area contributed by atoms with Crippen molar-refractivity contribution in [1.82, 2.24) is 16.0 Å². The molecule has 3 aromatic heterocycles. The molecular weight excluding hydrogens is 737 g/mol. The molecule has 5 N–H and O–H groups in total. The van der Waals surface area contributed by atoms with Crippen molar-refractivity contribution in [3.8, 4) is 0 Å². The van der Waals surface area contributed by atoms with Gasteiger partial charge in [0.25, 0.3) is 17.7 Å². The number of fused-ring (bicyclic) bond motifs is 3. The third-order valence-electron chi connectivity index (χ3n) is 6.93. The molecule has 2 atom stereocenters. The van der Waals surface area contributed by atoms with Crippen LogP contribution in [0.2, 0.25) is 0 Å². The van der Waals surface area contributed by atoms with Crippen LogP contribution in [-0.2, 0) is 47.7 Å². The summed E-state index contributed by atoms with van der Waals surface area (Å²) in [6.45, 7) is 4.69. The van der Waals surface area contributed by atoms with Crippen LogP contribution in [0.4, 0.5) is 0 Å². The Labute approximate surface area is 284 Å². The molecule has 0 bridgehead atoms. The van der Waals surface area contributed by atoms with E-state index in [9.17, 15) is 53.4 Å². The first-order valence-corrected chi connectivity index (χ1v) is 15.7. The first-order chi connectivity index (χ1) is 23.5. The average Bonchev–Trinajstić information content (AvgIpc) is 2.99. The number of carbonyl (C=O) groups excluding carboxylic acids is 6. The number of aliphatic hydroxyl groups is 2. The van der Waals surface area contributed by atoms with Gasteiger partial charge in [-0.15, -0.1) is 0 Å². The van der Waals surface area contributed by atoms with Crippen molar-refractivity contribution in [3.63, 3.8) is 0 Å². The molecule has 0 radical (unpaired) electrons. The average molecular weight is 765 g/mol. The number of hydrogen-bond donors (Lipinski definition) is 5. The second-order valence-electron chi connectivity index (χ2n) is 10.5. The Kier molecular flexibility index (Phi) is 12.9. The van der Waals surface area contributed by atoms with Crippen molar-refractivity contribution in [1.29, 1.82) is 0 Å². The van der Waals surface area contributed by atoms with Crippen LogP contribution in [0.25, 0.3) is 0 Å². The maximum atomic E-state index is 11.5. The van der Waals surface area contributed by atoms with Crippen LogP contribution >= 0.6 is 0 Å². The molecule has 50 heavy (non-hydrogen) atoms. The van der Waals surface area contributed by atoms with E-state index in [1.807, 2.05) is 6.92 Å². The molecule has 0 spiro atoms. The van der Waals surface area contributed by atoms with Crippen molar-refractivity contribution < 1.29 is 59.9 Å². The second-order valence-corrected chi connectivity index (χ2v) is 10.7. The Hall–Kier alpha value is -5.69. The van der Waals surface area contributed by atoms with Crippen LogP contribution in [0.15, 0.2) is 45.8 Å². The Morgan fingerprint density at radius 3 is 1.22 bits per heavy atom. The van der Waals surface area contributed by atoms with Crippen LogP contribution in [0.3, 0.4) is 0 Å². The van der Waals surface area contributed by atoms with E-state index in [2.05, 4.69) is 16.0 Å². The number of amides is 6. The van der Waals surface area contributed by atoms with Gasteiger partial charge >= 0.3 is 39.4 Å². The zero-order valence-electron chi connectivity index (χ0n) is 26.2. The van der Waals surface area contributed by atoms with Crippen LogP contribution in [0.5, 0.6) is 0 Å². The first-order valence-electron chi connectivity index (χ1n) is 14.3. The van der Waals surface area contributed by atoms with Crippen molar-refractivity contribution in [3.05, 3.63) is 100 Å². The number of carbonyl (C=O) groups is 6. The molecular formula is C30H27N3O16Se. The van der Waals surface area contributed by atoms with E-state index in [1.165, 1.54) is 19.9 Å². The number of hydrogen-bond acceptors (Lipinski definition) is 16. The normalized spacial score (nSPS) is 15.3. The van der Waals surface area contributed by atoms with Gasteiger partial charge in [0.05, 0.1) is 48.2 Å². The van der Waals surface area contributed by atoms with Gasteiger partial charge in [-0.1, -0.05) is 6.92 Å². The fourth-order valence-corrected chi connectivity index (χ4v) is 4.96. The molecule has 3 aliphatic rings. The molecule has 6 amide bonds. The van der Waals surface area contributed by atoms with Gasteiger partial charge in [0.2, 0.25) is 17.7 Å². The minimum absolute atomic E-state index is 0.0113. The van der Waals surface area contributed by atoms with Gasteiger partial charge in [0.1, 0.15) is 17.3 Å². The molecule has 19 nitrogen and oxygen atoms in total. The van der Waals surface area contributed by atoms with Gasteiger partial charge in [-0.3, -0.25) is 44.7 Å². The second kappa shape index (κ2) is 16.6. The fraction of sp³-hybridized carbons (Fsp3) is 0.300. The fourth-order valence-electron chi connectivity index (χ4n) is 4.96. The van der Waals surface area contributed by atoms with E-state index >= 15 is 0 Å². The first kappa shape index (κ1) is 38.8. The predicted molar refractivity (Wildman–Crippen MR) is 161 cm³/mol. The number of rotatable bonds is 3. The third kappa shape index (κ3) is 9.26. The SMILES string of the molecule is CC(O)c1cc(=O)oc2c1C(=O)NC(=O)C2.CC(O)c1cc(=O)oc2c1C(=O)NC(=O)C2.CCc1cc(=O)oc2c1C(=O)NC(=O)C2.O=[Se]=O. The Morgan fingerprint density at radius 2 is 0.900 bits per heavy atom. The molecule has 0 fully saturated rings. The summed E-state index contributed by atoms with van der Waals surface area (Å²) < 4.78 is 31.3. The van der Waals surface area contributed by atoms with Crippen molar-refractivity contribution >= 4 is 50.3 Å². The van der Waals surface area contributed by atoms with E-state index in [-0.39, 0.29) is 58.8 Å². The van der Waals surface area contributed by atoms with Gasteiger partial charge < -0.3 is 23.5 Å². The third-order valence-corrected chi connectivity index (χ3v) is 6.93. The Balaban J connectivity index is 0.000000195. The molecule has 3 aromatic rings. The van der Waals surface area contributed by atoms with Crippen molar-refractivity contribution in [2.75, 3.05) is 0 Å². The van der Waals surface area contributed by atoms with E-state index in [0.717, 1.165) is 12.1 Å². The number of nitrogens with one attached hydrogen (secondary N) is 3. The summed E-state index contributed by atoms with van der Waals surface area (Å²) >= 11 is -1.62. The molecule has 6 heterocycles. The minimum atomic E-state index is -1.62. The summed E-state index contributed by atoms with van der Waals surface area (Å²) in [6, 6.07) is 3.39. The maximum absolute atomic E-state index is 11.5. The zero-order chi connectivity index (χ0) is 37.4. The van der Waals surface area contributed by atoms with Crippen LogP contribution in [0, 0.1) is 0 Å². The molecule has 0 saturated heterocycles. The zero-order valence-corrected chi connectivity index (χ0v) is 27.9. The van der Waals surface area contributed by atoms with E-state index in [0.29, 0.717) is 17.5 Å². The van der Waals surface area contributed by atoms with Crippen molar-refractivity contribution in [2.24, 2.45) is 0 Å². The summed E-state index contributed by atoms with van der Waals surface area (Å²) in [7, 11) is 0. The van der Waals surface area contributed by atoms with E-state index < -0.39 is 79.3 Å². The molecule has 0 aliphatic carbocycles. The summed E-state index contributed by atoms with van der Waals surface area (Å²) in [5.74, 6) is -3.07. The Bertz CT molecular complexity index is 2020. The molecule has 264 valence electrons. The van der Waals surface area contributed by atoms with Gasteiger partial charge in [0, 0.05) is 29.3 Å². The van der Waals surface area contributed by atoms with Crippen LogP contribution < -0.4 is 32.8 Å². The molecule has 3 aliphatic heterocycles. The van der Waals surface area contributed by atoms with Crippen LogP contribution in [0.1, 0.15) is 98.0 Å². The predicted octanol–water partition coefficient (Wildman–Crippen LogP) is -1.59. The summed E-state index contributed by atoms with van der Waals surface area (Å²) in [6.07, 6.45) is -1.79. The molecule has 2 unspecified atom stereocenters.